The Morgan fingerprint density at radius 1 is 1.22 bits per heavy atom. The van der Waals surface area contributed by atoms with E-state index in [0.29, 0.717) is 22.1 Å². The largest absolute Gasteiger partial charge is 0.293 e. The van der Waals surface area contributed by atoms with Crippen molar-refractivity contribution in [3.8, 4) is 5.69 Å². The van der Waals surface area contributed by atoms with Gasteiger partial charge >= 0.3 is 0 Å². The van der Waals surface area contributed by atoms with Crippen LogP contribution in [0, 0.1) is 5.82 Å². The van der Waals surface area contributed by atoms with E-state index in [1.807, 2.05) is 0 Å². The summed E-state index contributed by atoms with van der Waals surface area (Å²) < 4.78 is 39.4. The highest BCUT2D eigenvalue weighted by Crippen LogP contribution is 2.20. The first-order chi connectivity index (χ1) is 12.8. The Morgan fingerprint density at radius 2 is 1.96 bits per heavy atom. The van der Waals surface area contributed by atoms with Gasteiger partial charge in [0.1, 0.15) is 5.82 Å². The molecule has 8 nitrogen and oxygen atoms in total. The number of aromatic nitrogens is 4. The zero-order valence-electron chi connectivity index (χ0n) is 14.0. The number of rotatable bonds is 7. The number of tetrazole rings is 1. The molecule has 0 aliphatic carbocycles. The van der Waals surface area contributed by atoms with Gasteiger partial charge in [0, 0.05) is 11.3 Å². The van der Waals surface area contributed by atoms with Crippen LogP contribution in [0.3, 0.4) is 0 Å². The van der Waals surface area contributed by atoms with Gasteiger partial charge in [0.05, 0.1) is 17.7 Å². The zero-order chi connectivity index (χ0) is 19.4. The number of carbonyl (C=O) groups is 1. The van der Waals surface area contributed by atoms with Crippen molar-refractivity contribution in [2.45, 2.75) is 5.16 Å². The fourth-order valence-electron chi connectivity index (χ4n) is 2.19. The minimum Gasteiger partial charge on any atom is -0.293 e. The standard InChI is InChI=1S/C16H14FN5O3S2/c1-27(24,25)19-13-7-5-11(6-8-13)15(23)10-26-16-18-20-21-22(16)14-4-2-3-12(17)9-14/h2-9,19H,10H2,1H3. The van der Waals surface area contributed by atoms with Crippen LogP contribution in [0.5, 0.6) is 0 Å². The number of ketones is 1. The lowest BCUT2D eigenvalue weighted by Crippen LogP contribution is -2.10. The molecule has 0 radical (unpaired) electrons. The molecule has 0 amide bonds. The molecule has 2 aromatic carbocycles. The zero-order valence-corrected chi connectivity index (χ0v) is 15.7. The summed E-state index contributed by atoms with van der Waals surface area (Å²) in [5, 5.41) is 11.6. The van der Waals surface area contributed by atoms with Crippen molar-refractivity contribution in [1.29, 1.82) is 0 Å². The normalized spacial score (nSPS) is 11.3. The van der Waals surface area contributed by atoms with E-state index in [9.17, 15) is 17.6 Å². The van der Waals surface area contributed by atoms with E-state index in [0.717, 1.165) is 18.0 Å². The number of hydrogen-bond donors (Lipinski definition) is 1. The van der Waals surface area contributed by atoms with Crippen LogP contribution in [-0.2, 0) is 10.0 Å². The molecular weight excluding hydrogens is 393 g/mol. The van der Waals surface area contributed by atoms with Crippen LogP contribution in [0.25, 0.3) is 5.69 Å². The molecule has 1 aromatic heterocycles. The van der Waals surface area contributed by atoms with Gasteiger partial charge in [-0.15, -0.1) is 5.10 Å². The fourth-order valence-corrected chi connectivity index (χ4v) is 3.54. The van der Waals surface area contributed by atoms with Gasteiger partial charge in [-0.1, -0.05) is 17.8 Å². The topological polar surface area (TPSA) is 107 Å². The summed E-state index contributed by atoms with van der Waals surface area (Å²) in [6, 6.07) is 11.9. The van der Waals surface area contributed by atoms with E-state index < -0.39 is 15.8 Å². The van der Waals surface area contributed by atoms with Crippen molar-refractivity contribution in [1.82, 2.24) is 20.2 Å². The van der Waals surface area contributed by atoms with Crippen LogP contribution in [-0.4, -0.2) is 46.4 Å². The summed E-state index contributed by atoms with van der Waals surface area (Å²) in [5.74, 6) is -0.535. The number of nitrogens with one attached hydrogen (secondary N) is 1. The highest BCUT2D eigenvalue weighted by atomic mass is 32.2. The Labute approximate surface area is 158 Å². The molecule has 0 saturated heterocycles. The van der Waals surface area contributed by atoms with E-state index in [4.69, 9.17) is 0 Å². The Balaban J connectivity index is 1.67. The van der Waals surface area contributed by atoms with Crippen molar-refractivity contribution >= 4 is 33.3 Å². The predicted molar refractivity (Wildman–Crippen MR) is 99.1 cm³/mol. The molecule has 0 aliphatic rings. The van der Waals surface area contributed by atoms with Crippen LogP contribution in [0.1, 0.15) is 10.4 Å². The number of anilines is 1. The number of sulfonamides is 1. The molecule has 11 heteroatoms. The second-order valence-electron chi connectivity index (χ2n) is 5.52. The number of thioether (sulfide) groups is 1. The quantitative estimate of drug-likeness (QED) is 0.472. The second kappa shape index (κ2) is 7.84. The van der Waals surface area contributed by atoms with Gasteiger partial charge in [0.2, 0.25) is 15.2 Å². The summed E-state index contributed by atoms with van der Waals surface area (Å²) in [4.78, 5) is 12.3. The summed E-state index contributed by atoms with van der Waals surface area (Å²) in [6.07, 6.45) is 1.05. The van der Waals surface area contributed by atoms with Crippen LogP contribution < -0.4 is 4.72 Å². The minimum atomic E-state index is -3.37. The number of hydrogen-bond acceptors (Lipinski definition) is 7. The number of halogens is 1. The molecule has 0 atom stereocenters. The molecule has 0 fully saturated rings. The van der Waals surface area contributed by atoms with Crippen LogP contribution >= 0.6 is 11.8 Å². The molecule has 0 bridgehead atoms. The number of nitrogens with zero attached hydrogens (tertiary/aromatic N) is 4. The number of Topliss-reactive ketones (excluding diaryl/α,β-unsaturated/α-hetero) is 1. The average Bonchev–Trinajstić information content (AvgIpc) is 3.07. The lowest BCUT2D eigenvalue weighted by Gasteiger charge is -2.06. The number of benzene rings is 2. The molecule has 0 unspecified atom stereocenters. The first kappa shape index (κ1) is 19.0. The molecular formula is C16H14FN5O3S2. The first-order valence-electron chi connectivity index (χ1n) is 7.60. The van der Waals surface area contributed by atoms with Crippen molar-refractivity contribution < 1.29 is 17.6 Å². The first-order valence-corrected chi connectivity index (χ1v) is 10.5. The summed E-state index contributed by atoms with van der Waals surface area (Å²) >= 11 is 1.11. The van der Waals surface area contributed by atoms with Gasteiger partial charge in [0.25, 0.3) is 0 Å². The van der Waals surface area contributed by atoms with Crippen LogP contribution in [0.15, 0.2) is 53.7 Å². The van der Waals surface area contributed by atoms with Gasteiger partial charge < -0.3 is 0 Å². The van der Waals surface area contributed by atoms with Gasteiger partial charge in [-0.2, -0.15) is 4.68 Å². The molecule has 27 heavy (non-hydrogen) atoms. The summed E-state index contributed by atoms with van der Waals surface area (Å²) in [7, 11) is -3.37. The lowest BCUT2D eigenvalue weighted by atomic mass is 10.1. The van der Waals surface area contributed by atoms with Crippen LogP contribution in [0.2, 0.25) is 0 Å². The summed E-state index contributed by atoms with van der Waals surface area (Å²) in [6.45, 7) is 0. The maximum atomic E-state index is 13.4. The maximum absolute atomic E-state index is 13.4. The highest BCUT2D eigenvalue weighted by molar-refractivity contribution is 7.99. The third-order valence-corrected chi connectivity index (χ3v) is 4.86. The third-order valence-electron chi connectivity index (χ3n) is 3.34. The minimum absolute atomic E-state index is 0.0640. The SMILES string of the molecule is CS(=O)(=O)Nc1ccc(C(=O)CSc2nnnn2-c2cccc(F)c2)cc1. The Hall–Kier alpha value is -2.79. The van der Waals surface area contributed by atoms with Gasteiger partial charge in [-0.25, -0.2) is 12.8 Å². The fraction of sp³-hybridized carbons (Fsp3) is 0.125. The molecule has 3 aromatic rings. The van der Waals surface area contributed by atoms with Crippen molar-refractivity contribution in [3.05, 3.63) is 59.9 Å². The van der Waals surface area contributed by atoms with Gasteiger partial charge in [0.15, 0.2) is 5.78 Å². The summed E-state index contributed by atoms with van der Waals surface area (Å²) in [5.41, 5.74) is 1.24. The molecule has 0 saturated carbocycles. The van der Waals surface area contributed by atoms with Crippen molar-refractivity contribution in [3.63, 3.8) is 0 Å². The van der Waals surface area contributed by atoms with E-state index in [-0.39, 0.29) is 11.5 Å². The Bertz CT molecular complexity index is 1070. The van der Waals surface area contributed by atoms with Gasteiger partial charge in [-0.05, 0) is 52.9 Å². The number of carbonyl (C=O) groups excluding carboxylic acids is 1. The van der Waals surface area contributed by atoms with E-state index in [1.165, 1.54) is 47.1 Å². The van der Waals surface area contributed by atoms with E-state index >= 15 is 0 Å². The Morgan fingerprint density at radius 3 is 2.63 bits per heavy atom. The molecule has 3 rings (SSSR count). The molecule has 1 heterocycles. The van der Waals surface area contributed by atoms with E-state index in [2.05, 4.69) is 20.2 Å². The average molecular weight is 407 g/mol. The maximum Gasteiger partial charge on any atom is 0.229 e. The third kappa shape index (κ3) is 5.11. The lowest BCUT2D eigenvalue weighted by molar-refractivity contribution is 0.102. The van der Waals surface area contributed by atoms with Gasteiger partial charge in [-0.3, -0.25) is 9.52 Å². The Kier molecular flexibility index (Phi) is 5.51. The molecule has 140 valence electrons. The highest BCUT2D eigenvalue weighted by Gasteiger charge is 2.13. The van der Waals surface area contributed by atoms with Crippen LogP contribution in [0.4, 0.5) is 10.1 Å². The molecule has 0 aliphatic heterocycles. The van der Waals surface area contributed by atoms with Crippen molar-refractivity contribution in [2.75, 3.05) is 16.7 Å². The monoisotopic (exact) mass is 407 g/mol. The molecule has 1 N–H and O–H groups in total. The second-order valence-corrected chi connectivity index (χ2v) is 8.21. The van der Waals surface area contributed by atoms with Crippen molar-refractivity contribution in [2.24, 2.45) is 0 Å². The predicted octanol–water partition coefficient (Wildman–Crippen LogP) is 2.15. The molecule has 0 spiro atoms. The smallest absolute Gasteiger partial charge is 0.229 e. The van der Waals surface area contributed by atoms with E-state index in [1.54, 1.807) is 6.07 Å².